The maximum Gasteiger partial charge on any atom is 0.240 e. The van der Waals surface area contributed by atoms with Gasteiger partial charge in [-0.2, -0.15) is 4.98 Å². The topological polar surface area (TPSA) is 60.0 Å². The molecule has 0 amide bonds. The molecular formula is C17H19N5O. The lowest BCUT2D eigenvalue weighted by Gasteiger charge is -2.40. The number of hydrogen-bond acceptors (Lipinski definition) is 5. The number of aryl methyl sites for hydroxylation is 1. The minimum Gasteiger partial charge on any atom is -0.338 e. The summed E-state index contributed by atoms with van der Waals surface area (Å²) in [5, 5.41) is 3.86. The number of aromatic nitrogens is 4. The Hall–Kier alpha value is -2.21. The van der Waals surface area contributed by atoms with E-state index in [0.717, 1.165) is 25.2 Å². The van der Waals surface area contributed by atoms with Crippen LogP contribution in [0, 0.1) is 6.92 Å². The second-order valence-electron chi connectivity index (χ2n) is 6.69. The predicted octanol–water partition coefficient (Wildman–Crippen LogP) is 2.66. The molecule has 5 rings (SSSR count). The average molecular weight is 309 g/mol. The van der Waals surface area contributed by atoms with Crippen LogP contribution >= 0.6 is 0 Å². The molecule has 2 fully saturated rings. The van der Waals surface area contributed by atoms with Crippen LogP contribution in [0.2, 0.25) is 0 Å². The van der Waals surface area contributed by atoms with E-state index >= 15 is 0 Å². The van der Waals surface area contributed by atoms with Gasteiger partial charge in [-0.1, -0.05) is 17.3 Å². The number of nitrogens with zero attached hydrogens (tertiary/aromatic N) is 5. The number of likely N-dealkylation sites (tertiary alicyclic amines) is 1. The molecule has 0 bridgehead atoms. The highest BCUT2D eigenvalue weighted by Crippen LogP contribution is 2.42. The van der Waals surface area contributed by atoms with Crippen molar-refractivity contribution in [2.45, 2.75) is 38.3 Å². The van der Waals surface area contributed by atoms with Crippen molar-refractivity contribution in [2.24, 2.45) is 0 Å². The summed E-state index contributed by atoms with van der Waals surface area (Å²) in [4.78, 5) is 11.5. The van der Waals surface area contributed by atoms with E-state index in [4.69, 9.17) is 9.51 Å². The first-order chi connectivity index (χ1) is 11.3. The van der Waals surface area contributed by atoms with Crippen LogP contribution in [0.5, 0.6) is 0 Å². The third kappa shape index (κ3) is 2.25. The molecule has 6 heteroatoms. The monoisotopic (exact) mass is 309 g/mol. The van der Waals surface area contributed by atoms with Crippen LogP contribution in [0.1, 0.15) is 42.3 Å². The Kier molecular flexibility index (Phi) is 2.82. The lowest BCUT2D eigenvalue weighted by molar-refractivity contribution is 0.0867. The molecule has 23 heavy (non-hydrogen) atoms. The molecule has 3 aromatic rings. The van der Waals surface area contributed by atoms with Gasteiger partial charge in [0, 0.05) is 19.0 Å². The van der Waals surface area contributed by atoms with Crippen molar-refractivity contribution < 1.29 is 4.52 Å². The maximum atomic E-state index is 5.22. The van der Waals surface area contributed by atoms with Gasteiger partial charge in [0.15, 0.2) is 5.82 Å². The molecule has 3 heterocycles. The Morgan fingerprint density at radius 2 is 2.00 bits per heavy atom. The molecule has 0 radical (unpaired) electrons. The third-order valence-electron chi connectivity index (χ3n) is 4.80. The van der Waals surface area contributed by atoms with Crippen LogP contribution in [0.4, 0.5) is 0 Å². The molecule has 0 atom stereocenters. The minimum atomic E-state index is 0.502. The zero-order valence-corrected chi connectivity index (χ0v) is 13.1. The van der Waals surface area contributed by atoms with E-state index < -0.39 is 0 Å². The third-order valence-corrected chi connectivity index (χ3v) is 4.80. The number of benzene rings is 1. The first-order valence-electron chi connectivity index (χ1n) is 8.26. The Bertz CT molecular complexity index is 857. The summed E-state index contributed by atoms with van der Waals surface area (Å²) in [5.74, 6) is 3.35. The zero-order valence-electron chi connectivity index (χ0n) is 13.1. The zero-order chi connectivity index (χ0) is 15.4. The Morgan fingerprint density at radius 1 is 1.17 bits per heavy atom. The molecule has 2 aromatic heterocycles. The smallest absolute Gasteiger partial charge is 0.240 e. The molecule has 1 aliphatic heterocycles. The van der Waals surface area contributed by atoms with Crippen LogP contribution in [0.25, 0.3) is 11.0 Å². The highest BCUT2D eigenvalue weighted by atomic mass is 16.5. The minimum absolute atomic E-state index is 0.502. The van der Waals surface area contributed by atoms with Gasteiger partial charge in [-0.3, -0.25) is 4.90 Å². The molecule has 1 saturated heterocycles. The molecule has 0 unspecified atom stereocenters. The van der Waals surface area contributed by atoms with Crippen LogP contribution in [0.15, 0.2) is 28.8 Å². The van der Waals surface area contributed by atoms with E-state index in [2.05, 4.69) is 43.9 Å². The Labute approximate surface area is 134 Å². The second-order valence-corrected chi connectivity index (χ2v) is 6.69. The number of rotatable bonds is 4. The van der Waals surface area contributed by atoms with E-state index in [1.54, 1.807) is 0 Å². The highest BCUT2D eigenvalue weighted by Gasteiger charge is 2.36. The molecule has 6 nitrogen and oxygen atoms in total. The Morgan fingerprint density at radius 3 is 2.74 bits per heavy atom. The largest absolute Gasteiger partial charge is 0.338 e. The van der Waals surface area contributed by atoms with Crippen molar-refractivity contribution in [3.63, 3.8) is 0 Å². The predicted molar refractivity (Wildman–Crippen MR) is 85.1 cm³/mol. The fraction of sp³-hybridized carbons (Fsp3) is 0.471. The van der Waals surface area contributed by atoms with E-state index in [1.165, 1.54) is 24.2 Å². The van der Waals surface area contributed by atoms with Crippen LogP contribution in [0.3, 0.4) is 0 Å². The summed E-state index contributed by atoms with van der Waals surface area (Å²) in [6, 6.07) is 8.99. The van der Waals surface area contributed by atoms with Gasteiger partial charge in [0.2, 0.25) is 5.89 Å². The van der Waals surface area contributed by atoms with E-state index in [1.807, 2.05) is 6.92 Å². The lowest BCUT2D eigenvalue weighted by Crippen LogP contribution is -2.47. The number of fused-ring (bicyclic) bond motifs is 1. The van der Waals surface area contributed by atoms with Gasteiger partial charge in [0.05, 0.1) is 23.6 Å². The van der Waals surface area contributed by atoms with Crippen molar-refractivity contribution in [1.82, 2.24) is 24.6 Å². The molecule has 1 saturated carbocycles. The number of imidazole rings is 1. The molecule has 0 N–H and O–H groups in total. The van der Waals surface area contributed by atoms with E-state index in [0.29, 0.717) is 23.7 Å². The van der Waals surface area contributed by atoms with Gasteiger partial charge < -0.3 is 9.09 Å². The first-order valence-corrected chi connectivity index (χ1v) is 8.26. The quantitative estimate of drug-likeness (QED) is 0.741. The van der Waals surface area contributed by atoms with Crippen LogP contribution < -0.4 is 0 Å². The van der Waals surface area contributed by atoms with Crippen molar-refractivity contribution in [1.29, 1.82) is 0 Å². The number of hydrogen-bond donors (Lipinski definition) is 0. The summed E-state index contributed by atoms with van der Waals surface area (Å²) >= 11 is 0. The van der Waals surface area contributed by atoms with Gasteiger partial charge in [0.25, 0.3) is 0 Å². The van der Waals surface area contributed by atoms with Crippen molar-refractivity contribution in [3.05, 3.63) is 41.8 Å². The molecular weight excluding hydrogens is 290 g/mol. The molecule has 2 aliphatic rings. The molecule has 1 aliphatic carbocycles. The summed E-state index contributed by atoms with van der Waals surface area (Å²) in [5.41, 5.74) is 2.40. The highest BCUT2D eigenvalue weighted by molar-refractivity contribution is 5.76. The summed E-state index contributed by atoms with van der Waals surface area (Å²) < 4.78 is 7.69. The lowest BCUT2D eigenvalue weighted by atomic mass is 10.1. The number of para-hydroxylation sites is 2. The van der Waals surface area contributed by atoms with Gasteiger partial charge >= 0.3 is 0 Å². The van der Waals surface area contributed by atoms with E-state index in [-0.39, 0.29) is 0 Å². The molecule has 1 aromatic carbocycles. The van der Waals surface area contributed by atoms with Gasteiger partial charge in [-0.15, -0.1) is 0 Å². The van der Waals surface area contributed by atoms with Crippen LogP contribution in [-0.4, -0.2) is 37.7 Å². The molecule has 0 spiro atoms. The fourth-order valence-electron chi connectivity index (χ4n) is 3.51. The summed E-state index contributed by atoms with van der Waals surface area (Å²) in [6.45, 7) is 4.62. The standard InChI is InChI=1S/C17H19N5O/c1-11-18-16(23-20-11)10-21-8-13(9-21)22-15-5-3-2-4-14(15)19-17(22)12-6-7-12/h2-5,12-13H,6-10H2,1H3. The van der Waals surface area contributed by atoms with Gasteiger partial charge in [-0.25, -0.2) is 4.98 Å². The second kappa shape index (κ2) is 4.89. The fourth-order valence-corrected chi connectivity index (χ4v) is 3.51. The Balaban J connectivity index is 1.38. The SMILES string of the molecule is Cc1noc(CN2CC(n3c(C4CC4)nc4ccccc43)C2)n1. The van der Waals surface area contributed by atoms with Gasteiger partial charge in [-0.05, 0) is 31.9 Å². The normalized spacial score (nSPS) is 19.3. The molecule has 118 valence electrons. The van der Waals surface area contributed by atoms with Crippen molar-refractivity contribution in [3.8, 4) is 0 Å². The summed E-state index contributed by atoms with van der Waals surface area (Å²) in [7, 11) is 0. The van der Waals surface area contributed by atoms with Crippen LogP contribution in [-0.2, 0) is 6.54 Å². The first kappa shape index (κ1) is 13.2. The van der Waals surface area contributed by atoms with Crippen molar-refractivity contribution in [2.75, 3.05) is 13.1 Å². The van der Waals surface area contributed by atoms with E-state index in [9.17, 15) is 0 Å². The van der Waals surface area contributed by atoms with Gasteiger partial charge in [0.1, 0.15) is 5.82 Å². The van der Waals surface area contributed by atoms with Crippen molar-refractivity contribution >= 4 is 11.0 Å². The average Bonchev–Trinajstić information content (AvgIpc) is 3.17. The maximum absolute atomic E-state index is 5.22. The summed E-state index contributed by atoms with van der Waals surface area (Å²) in [6.07, 6.45) is 2.56.